The van der Waals surface area contributed by atoms with E-state index in [1.54, 1.807) is 24.5 Å². The Hall–Kier alpha value is -2.74. The number of aromatic nitrogens is 1. The van der Waals surface area contributed by atoms with Gasteiger partial charge in [-0.1, -0.05) is 18.6 Å². The Morgan fingerprint density at radius 2 is 2.07 bits per heavy atom. The van der Waals surface area contributed by atoms with Crippen LogP contribution < -0.4 is 5.32 Å². The molecule has 1 aliphatic heterocycles. The first kappa shape index (κ1) is 21.0. The lowest BCUT2D eigenvalue weighted by Gasteiger charge is -2.17. The molecule has 1 N–H and O–H groups in total. The Morgan fingerprint density at radius 3 is 2.86 bits per heavy atom. The van der Waals surface area contributed by atoms with Crippen molar-refractivity contribution in [1.82, 2.24) is 9.88 Å². The molecule has 1 aliphatic rings. The van der Waals surface area contributed by atoms with Crippen LogP contribution in [0.5, 0.6) is 0 Å². The van der Waals surface area contributed by atoms with Crippen molar-refractivity contribution in [1.29, 1.82) is 0 Å². The SMILES string of the molecule is CN1CCCCCC1=NS(=O)(=O)c1cccc(NC(=O)CCc2cccnc2)c1. The smallest absolute Gasteiger partial charge is 0.284 e. The molecule has 0 spiro atoms. The summed E-state index contributed by atoms with van der Waals surface area (Å²) in [6.07, 6.45) is 7.97. The summed E-state index contributed by atoms with van der Waals surface area (Å²) in [7, 11) is -1.96. The van der Waals surface area contributed by atoms with Gasteiger partial charge in [-0.3, -0.25) is 9.78 Å². The predicted octanol–water partition coefficient (Wildman–Crippen LogP) is 3.25. The van der Waals surface area contributed by atoms with Gasteiger partial charge in [-0.15, -0.1) is 4.40 Å². The van der Waals surface area contributed by atoms with E-state index >= 15 is 0 Å². The Labute approximate surface area is 171 Å². The van der Waals surface area contributed by atoms with E-state index in [1.807, 2.05) is 24.1 Å². The number of rotatable bonds is 6. The van der Waals surface area contributed by atoms with Crippen molar-refractivity contribution in [2.24, 2.45) is 4.40 Å². The van der Waals surface area contributed by atoms with Gasteiger partial charge in [0.25, 0.3) is 10.0 Å². The lowest BCUT2D eigenvalue weighted by atomic mass is 10.1. The van der Waals surface area contributed by atoms with Crippen LogP contribution in [0, 0.1) is 0 Å². The summed E-state index contributed by atoms with van der Waals surface area (Å²) in [5.74, 6) is 0.409. The number of amidine groups is 1. The predicted molar refractivity (Wildman–Crippen MR) is 113 cm³/mol. The van der Waals surface area contributed by atoms with Crippen molar-refractivity contribution >= 4 is 27.5 Å². The van der Waals surface area contributed by atoms with Crippen LogP contribution in [0.4, 0.5) is 5.69 Å². The van der Waals surface area contributed by atoms with Crippen molar-refractivity contribution in [3.8, 4) is 0 Å². The highest BCUT2D eigenvalue weighted by Crippen LogP contribution is 2.20. The number of pyridine rings is 1. The maximum absolute atomic E-state index is 12.8. The van der Waals surface area contributed by atoms with Crippen LogP contribution >= 0.6 is 0 Å². The average Bonchev–Trinajstić information content (AvgIpc) is 2.91. The third-order valence-electron chi connectivity index (χ3n) is 4.84. The van der Waals surface area contributed by atoms with Crippen LogP contribution in [0.2, 0.25) is 0 Å². The summed E-state index contributed by atoms with van der Waals surface area (Å²) in [5.41, 5.74) is 1.42. The Morgan fingerprint density at radius 1 is 1.21 bits per heavy atom. The molecule has 3 rings (SSSR count). The van der Waals surface area contributed by atoms with Crippen molar-refractivity contribution in [2.75, 3.05) is 18.9 Å². The normalized spacial score (nSPS) is 16.4. The highest BCUT2D eigenvalue weighted by Gasteiger charge is 2.19. The summed E-state index contributed by atoms with van der Waals surface area (Å²) in [6.45, 7) is 0.807. The molecule has 7 nitrogen and oxygen atoms in total. The van der Waals surface area contributed by atoms with Crippen LogP contribution in [0.25, 0.3) is 0 Å². The van der Waals surface area contributed by atoms with E-state index in [0.29, 0.717) is 24.4 Å². The lowest BCUT2D eigenvalue weighted by molar-refractivity contribution is -0.116. The average molecular weight is 415 g/mol. The zero-order valence-electron chi connectivity index (χ0n) is 16.5. The molecule has 0 aliphatic carbocycles. The summed E-state index contributed by atoms with van der Waals surface area (Å²) < 4.78 is 29.6. The van der Waals surface area contributed by atoms with Gasteiger partial charge in [0.1, 0.15) is 5.84 Å². The molecule has 154 valence electrons. The maximum Gasteiger partial charge on any atom is 0.284 e. The van der Waals surface area contributed by atoms with Gasteiger partial charge in [0.15, 0.2) is 0 Å². The van der Waals surface area contributed by atoms with Crippen molar-refractivity contribution in [2.45, 2.75) is 43.4 Å². The molecule has 2 heterocycles. The minimum Gasteiger partial charge on any atom is -0.362 e. The molecule has 2 aromatic rings. The Balaban J connectivity index is 1.68. The first-order valence-corrected chi connectivity index (χ1v) is 11.2. The number of nitrogens with one attached hydrogen (secondary N) is 1. The Kier molecular flexibility index (Phi) is 6.98. The Bertz CT molecular complexity index is 974. The van der Waals surface area contributed by atoms with E-state index in [9.17, 15) is 13.2 Å². The first-order valence-electron chi connectivity index (χ1n) is 9.78. The van der Waals surface area contributed by atoms with Gasteiger partial charge < -0.3 is 10.2 Å². The second kappa shape index (κ2) is 9.65. The number of amides is 1. The fraction of sp³-hybridized carbons (Fsp3) is 0.381. The molecule has 1 amide bonds. The number of likely N-dealkylation sites (tertiary alicyclic amines) is 1. The largest absolute Gasteiger partial charge is 0.362 e. The molecule has 0 bridgehead atoms. The van der Waals surface area contributed by atoms with E-state index in [0.717, 1.165) is 31.4 Å². The second-order valence-corrected chi connectivity index (χ2v) is 8.76. The molecule has 1 aromatic heterocycles. The van der Waals surface area contributed by atoms with Crippen molar-refractivity contribution in [3.05, 3.63) is 54.4 Å². The van der Waals surface area contributed by atoms with Gasteiger partial charge >= 0.3 is 0 Å². The fourth-order valence-corrected chi connectivity index (χ4v) is 4.34. The molecule has 1 aromatic carbocycles. The van der Waals surface area contributed by atoms with Crippen LogP contribution in [0.1, 0.15) is 37.7 Å². The molecular formula is C21H26N4O3S. The van der Waals surface area contributed by atoms with Gasteiger partial charge in [-0.05, 0) is 49.1 Å². The fourth-order valence-electron chi connectivity index (χ4n) is 3.20. The zero-order chi connectivity index (χ0) is 20.7. The standard InChI is InChI=1S/C21H26N4O3S/c1-25-14-4-2-3-10-20(25)24-29(27,28)19-9-5-8-18(15-19)23-21(26)12-11-17-7-6-13-22-16-17/h5-9,13,15-16H,2-4,10-12,14H2,1H3,(H,23,26). The van der Waals surface area contributed by atoms with Crippen LogP contribution in [0.15, 0.2) is 58.1 Å². The van der Waals surface area contributed by atoms with Crippen LogP contribution in [-0.4, -0.2) is 43.6 Å². The number of hydrogen-bond acceptors (Lipinski definition) is 4. The first-order chi connectivity index (χ1) is 13.9. The van der Waals surface area contributed by atoms with Crippen molar-refractivity contribution in [3.63, 3.8) is 0 Å². The van der Waals surface area contributed by atoms with E-state index in [1.165, 1.54) is 12.1 Å². The molecular weight excluding hydrogens is 388 g/mol. The monoisotopic (exact) mass is 414 g/mol. The molecule has 0 saturated carbocycles. The summed E-state index contributed by atoms with van der Waals surface area (Å²) in [5, 5.41) is 2.76. The zero-order valence-corrected chi connectivity index (χ0v) is 17.4. The van der Waals surface area contributed by atoms with E-state index in [2.05, 4.69) is 14.7 Å². The lowest BCUT2D eigenvalue weighted by Crippen LogP contribution is -2.26. The highest BCUT2D eigenvalue weighted by atomic mass is 32.2. The number of sulfonamides is 1. The summed E-state index contributed by atoms with van der Waals surface area (Å²) >= 11 is 0. The molecule has 0 unspecified atom stereocenters. The summed E-state index contributed by atoms with van der Waals surface area (Å²) in [4.78, 5) is 18.2. The molecule has 29 heavy (non-hydrogen) atoms. The van der Waals surface area contributed by atoms with Gasteiger partial charge in [0.05, 0.1) is 4.90 Å². The second-order valence-electron chi connectivity index (χ2n) is 7.15. The number of benzene rings is 1. The van der Waals surface area contributed by atoms with E-state index in [4.69, 9.17) is 0 Å². The maximum atomic E-state index is 12.8. The highest BCUT2D eigenvalue weighted by molar-refractivity contribution is 7.90. The van der Waals surface area contributed by atoms with Gasteiger partial charge in [0.2, 0.25) is 5.91 Å². The quantitative estimate of drug-likeness (QED) is 0.783. The van der Waals surface area contributed by atoms with Crippen molar-refractivity contribution < 1.29 is 13.2 Å². The topological polar surface area (TPSA) is 91.7 Å². The summed E-state index contributed by atoms with van der Waals surface area (Å²) in [6, 6.07) is 9.98. The van der Waals surface area contributed by atoms with Gasteiger partial charge in [-0.2, -0.15) is 8.42 Å². The third-order valence-corrected chi connectivity index (χ3v) is 6.14. The minimum absolute atomic E-state index is 0.0766. The van der Waals surface area contributed by atoms with Gasteiger partial charge in [-0.25, -0.2) is 0 Å². The number of carbonyl (C=O) groups excluding carboxylic acids is 1. The number of hydrogen-bond donors (Lipinski definition) is 1. The van der Waals surface area contributed by atoms with E-state index < -0.39 is 10.0 Å². The molecule has 1 fully saturated rings. The number of nitrogens with zero attached hydrogens (tertiary/aromatic N) is 3. The van der Waals surface area contributed by atoms with Gasteiger partial charge in [0, 0.05) is 44.5 Å². The van der Waals surface area contributed by atoms with Crippen LogP contribution in [-0.2, 0) is 21.2 Å². The van der Waals surface area contributed by atoms with E-state index in [-0.39, 0.29) is 17.2 Å². The molecule has 1 saturated heterocycles. The molecule has 8 heteroatoms. The minimum atomic E-state index is -3.84. The number of aryl methyl sites for hydroxylation is 1. The molecule has 0 radical (unpaired) electrons. The van der Waals surface area contributed by atoms with Crippen LogP contribution in [0.3, 0.4) is 0 Å². The third kappa shape index (κ3) is 6.12. The number of anilines is 1. The molecule has 0 atom stereocenters. The number of carbonyl (C=O) groups is 1.